The zero-order valence-corrected chi connectivity index (χ0v) is 19.6. The minimum absolute atomic E-state index is 0.0275. The number of pyridine rings is 2. The summed E-state index contributed by atoms with van der Waals surface area (Å²) in [4.78, 5) is 19.8. The van der Waals surface area contributed by atoms with Gasteiger partial charge in [0.15, 0.2) is 0 Å². The van der Waals surface area contributed by atoms with Gasteiger partial charge in [0, 0.05) is 41.9 Å². The van der Waals surface area contributed by atoms with E-state index in [1.54, 1.807) is 68.0 Å². The average molecular weight is 494 g/mol. The molecule has 0 aliphatic rings. The van der Waals surface area contributed by atoms with E-state index in [1.807, 2.05) is 0 Å². The molecule has 0 spiro atoms. The van der Waals surface area contributed by atoms with Crippen LogP contribution in [0.15, 0.2) is 76.7 Å². The van der Waals surface area contributed by atoms with Crippen LogP contribution in [0, 0.1) is 0 Å². The number of ether oxygens (including phenoxy) is 1. The maximum Gasteiger partial charge on any atom is 0.252 e. The Kier molecular flexibility index (Phi) is 5.82. The molecule has 2 aromatic carbocycles. The van der Waals surface area contributed by atoms with Crippen molar-refractivity contribution in [2.75, 3.05) is 7.11 Å². The first-order valence-electron chi connectivity index (χ1n) is 10.3. The minimum Gasteiger partial charge on any atom is -0.497 e. The fraction of sp³-hybridized carbons (Fsp3) is 0.130. The van der Waals surface area contributed by atoms with Crippen LogP contribution in [0.1, 0.15) is 11.1 Å². The van der Waals surface area contributed by atoms with Gasteiger partial charge in [0.05, 0.1) is 18.8 Å². The van der Waals surface area contributed by atoms with Crippen LogP contribution in [0.4, 0.5) is 0 Å². The van der Waals surface area contributed by atoms with E-state index in [1.165, 1.54) is 10.4 Å². The van der Waals surface area contributed by atoms with Gasteiger partial charge in [-0.2, -0.15) is 13.1 Å². The number of benzene rings is 2. The van der Waals surface area contributed by atoms with E-state index in [9.17, 15) is 13.2 Å². The third kappa shape index (κ3) is 4.16. The van der Waals surface area contributed by atoms with Crippen molar-refractivity contribution in [1.82, 2.24) is 23.0 Å². The lowest BCUT2D eigenvalue weighted by molar-refractivity contribution is 0.400. The third-order valence-corrected chi connectivity index (χ3v) is 7.79. The average Bonchev–Trinajstić information content (AvgIpc) is 3.33. The second-order valence-corrected chi connectivity index (χ2v) is 10.0. The summed E-state index contributed by atoms with van der Waals surface area (Å²) in [6.07, 6.45) is 3.22. The van der Waals surface area contributed by atoms with E-state index in [4.69, 9.17) is 4.74 Å². The Hall–Kier alpha value is -3.67. The van der Waals surface area contributed by atoms with Crippen LogP contribution in [-0.2, 0) is 23.1 Å². The molecule has 1 N–H and O–H groups in total. The predicted octanol–water partition coefficient (Wildman–Crippen LogP) is 3.33. The van der Waals surface area contributed by atoms with Gasteiger partial charge in [-0.25, -0.2) is 8.42 Å². The van der Waals surface area contributed by atoms with Gasteiger partial charge in [-0.15, -0.1) is 0 Å². The van der Waals surface area contributed by atoms with Gasteiger partial charge in [-0.05, 0) is 48.0 Å². The van der Waals surface area contributed by atoms with Gasteiger partial charge >= 0.3 is 0 Å². The standard InChI is InChI=1S/C23H19N5O4S2/c1-32-18-7-8-19-16(11-18)10-17(23(29)25-19)14-28(13-15-4-3-9-24-12-15)34(30,31)21-6-2-5-20-22(21)27-33-26-20/h2-12H,13-14H2,1H3,(H,25,29). The number of H-pyrrole nitrogens is 1. The molecule has 0 fully saturated rings. The predicted molar refractivity (Wildman–Crippen MR) is 129 cm³/mol. The molecule has 0 aliphatic heterocycles. The van der Waals surface area contributed by atoms with Gasteiger partial charge in [0.1, 0.15) is 21.7 Å². The molecule has 9 nitrogen and oxygen atoms in total. The quantitative estimate of drug-likeness (QED) is 0.369. The Morgan fingerprint density at radius 3 is 2.74 bits per heavy atom. The highest BCUT2D eigenvalue weighted by Gasteiger charge is 2.29. The number of hydrogen-bond acceptors (Lipinski definition) is 8. The Morgan fingerprint density at radius 2 is 1.94 bits per heavy atom. The Morgan fingerprint density at radius 1 is 1.06 bits per heavy atom. The maximum absolute atomic E-state index is 13.8. The summed E-state index contributed by atoms with van der Waals surface area (Å²) in [6, 6.07) is 15.3. The lowest BCUT2D eigenvalue weighted by atomic mass is 10.1. The van der Waals surface area contributed by atoms with E-state index >= 15 is 0 Å². The van der Waals surface area contributed by atoms with Gasteiger partial charge in [-0.1, -0.05) is 12.1 Å². The molecule has 0 saturated carbocycles. The van der Waals surface area contributed by atoms with E-state index in [0.29, 0.717) is 33.4 Å². The molecule has 172 valence electrons. The molecule has 5 aromatic rings. The summed E-state index contributed by atoms with van der Waals surface area (Å²) in [5.41, 5.74) is 2.07. The minimum atomic E-state index is -4.04. The molecule has 0 radical (unpaired) electrons. The Bertz CT molecular complexity index is 1650. The van der Waals surface area contributed by atoms with Crippen LogP contribution < -0.4 is 10.3 Å². The lowest BCUT2D eigenvalue weighted by Gasteiger charge is -2.22. The van der Waals surface area contributed by atoms with E-state index in [-0.39, 0.29) is 23.5 Å². The summed E-state index contributed by atoms with van der Waals surface area (Å²) in [5, 5.41) is 0.735. The number of aromatic amines is 1. The number of aromatic nitrogens is 4. The molecule has 0 atom stereocenters. The van der Waals surface area contributed by atoms with Crippen LogP contribution in [-0.4, -0.2) is 38.5 Å². The van der Waals surface area contributed by atoms with Crippen molar-refractivity contribution >= 4 is 43.7 Å². The molecule has 3 heterocycles. The Balaban J connectivity index is 1.61. The first-order chi connectivity index (χ1) is 16.5. The summed E-state index contributed by atoms with van der Waals surface area (Å²) >= 11 is 0.950. The van der Waals surface area contributed by atoms with Gasteiger partial charge in [0.2, 0.25) is 10.0 Å². The number of methoxy groups -OCH3 is 1. The van der Waals surface area contributed by atoms with Crippen LogP contribution >= 0.6 is 11.7 Å². The topological polar surface area (TPSA) is 118 Å². The number of nitrogens with zero attached hydrogens (tertiary/aromatic N) is 4. The van der Waals surface area contributed by atoms with Crippen LogP contribution in [0.3, 0.4) is 0 Å². The van der Waals surface area contributed by atoms with Crippen LogP contribution in [0.2, 0.25) is 0 Å². The van der Waals surface area contributed by atoms with Crippen molar-refractivity contribution in [3.8, 4) is 5.75 Å². The molecule has 3 aromatic heterocycles. The summed E-state index contributed by atoms with van der Waals surface area (Å²) in [5.74, 6) is 0.632. The van der Waals surface area contributed by atoms with Gasteiger partial charge in [0.25, 0.3) is 5.56 Å². The van der Waals surface area contributed by atoms with Crippen molar-refractivity contribution in [3.05, 3.63) is 88.5 Å². The van der Waals surface area contributed by atoms with E-state index in [0.717, 1.165) is 17.1 Å². The summed E-state index contributed by atoms with van der Waals surface area (Å²) < 4.78 is 42.6. The zero-order chi connectivity index (χ0) is 23.7. The molecule has 0 amide bonds. The zero-order valence-electron chi connectivity index (χ0n) is 18.0. The number of rotatable bonds is 7. The van der Waals surface area contributed by atoms with Gasteiger partial charge in [-0.3, -0.25) is 9.78 Å². The number of sulfonamides is 1. The van der Waals surface area contributed by atoms with Crippen molar-refractivity contribution < 1.29 is 13.2 Å². The lowest BCUT2D eigenvalue weighted by Crippen LogP contribution is -2.32. The highest BCUT2D eigenvalue weighted by molar-refractivity contribution is 7.89. The maximum atomic E-state index is 13.8. The number of hydrogen-bond donors (Lipinski definition) is 1. The highest BCUT2D eigenvalue weighted by Crippen LogP contribution is 2.27. The monoisotopic (exact) mass is 493 g/mol. The smallest absolute Gasteiger partial charge is 0.252 e. The van der Waals surface area contributed by atoms with Crippen molar-refractivity contribution in [3.63, 3.8) is 0 Å². The summed E-state index contributed by atoms with van der Waals surface area (Å²) in [6.45, 7) is -0.118. The number of fused-ring (bicyclic) bond motifs is 2. The fourth-order valence-corrected chi connectivity index (χ4v) is 5.87. The van der Waals surface area contributed by atoms with Crippen LogP contribution in [0.5, 0.6) is 5.75 Å². The highest BCUT2D eigenvalue weighted by atomic mass is 32.2. The van der Waals surface area contributed by atoms with Crippen LogP contribution in [0.25, 0.3) is 21.9 Å². The van der Waals surface area contributed by atoms with Crippen molar-refractivity contribution in [2.24, 2.45) is 0 Å². The molecule has 5 rings (SSSR count). The SMILES string of the molecule is COc1ccc2[nH]c(=O)c(CN(Cc3cccnc3)S(=O)(=O)c3cccc4nsnc34)cc2c1. The molecule has 0 unspecified atom stereocenters. The van der Waals surface area contributed by atoms with E-state index < -0.39 is 10.0 Å². The molecular weight excluding hydrogens is 474 g/mol. The second-order valence-electron chi connectivity index (χ2n) is 7.60. The van der Waals surface area contributed by atoms with Crippen molar-refractivity contribution in [1.29, 1.82) is 0 Å². The Labute approximate surface area is 199 Å². The van der Waals surface area contributed by atoms with Crippen molar-refractivity contribution in [2.45, 2.75) is 18.0 Å². The van der Waals surface area contributed by atoms with Gasteiger partial charge < -0.3 is 9.72 Å². The number of nitrogens with one attached hydrogen (secondary N) is 1. The second kappa shape index (κ2) is 8.93. The fourth-order valence-electron chi connectivity index (χ4n) is 3.71. The third-order valence-electron chi connectivity index (χ3n) is 5.42. The largest absolute Gasteiger partial charge is 0.497 e. The normalized spacial score (nSPS) is 11.9. The summed E-state index contributed by atoms with van der Waals surface area (Å²) in [7, 11) is -2.49. The molecule has 34 heavy (non-hydrogen) atoms. The first kappa shape index (κ1) is 22.1. The first-order valence-corrected chi connectivity index (χ1v) is 12.4. The molecule has 0 saturated heterocycles. The molecular formula is C23H19N5O4S2. The molecule has 0 aliphatic carbocycles. The molecule has 11 heteroatoms. The van der Waals surface area contributed by atoms with E-state index in [2.05, 4.69) is 18.7 Å². The molecule has 0 bridgehead atoms.